The molecule has 0 unspecified atom stereocenters. The van der Waals surface area contributed by atoms with Gasteiger partial charge in [-0.2, -0.15) is 0 Å². The van der Waals surface area contributed by atoms with E-state index in [0.717, 1.165) is 65.8 Å². The Kier molecular flexibility index (Phi) is 5.18. The number of aromatic amines is 1. The van der Waals surface area contributed by atoms with Gasteiger partial charge >= 0.3 is 0 Å². The first kappa shape index (κ1) is 24.1. The van der Waals surface area contributed by atoms with Crippen molar-refractivity contribution < 1.29 is 4.42 Å². The lowest BCUT2D eigenvalue weighted by atomic mass is 10.1. The molecular formula is C37H21ClN4O. The lowest BCUT2D eigenvalue weighted by molar-refractivity contribution is 0.669. The van der Waals surface area contributed by atoms with Crippen LogP contribution in [0.5, 0.6) is 0 Å². The van der Waals surface area contributed by atoms with Gasteiger partial charge in [-0.15, -0.1) is 0 Å². The van der Waals surface area contributed by atoms with E-state index in [1.54, 1.807) is 0 Å². The van der Waals surface area contributed by atoms with E-state index in [1.807, 2.05) is 60.7 Å². The van der Waals surface area contributed by atoms with Crippen LogP contribution in [0.1, 0.15) is 0 Å². The summed E-state index contributed by atoms with van der Waals surface area (Å²) in [6.07, 6.45) is 0. The largest absolute Gasteiger partial charge is 0.456 e. The van der Waals surface area contributed by atoms with Crippen LogP contribution < -0.4 is 0 Å². The molecule has 0 spiro atoms. The van der Waals surface area contributed by atoms with Crippen molar-refractivity contribution in [1.82, 2.24) is 19.9 Å². The molecule has 0 saturated heterocycles. The molecule has 9 aromatic rings. The molecule has 6 aromatic carbocycles. The molecule has 43 heavy (non-hydrogen) atoms. The van der Waals surface area contributed by atoms with Gasteiger partial charge in [-0.1, -0.05) is 72.3 Å². The van der Waals surface area contributed by atoms with Crippen LogP contribution >= 0.6 is 11.6 Å². The third kappa shape index (κ3) is 3.97. The van der Waals surface area contributed by atoms with Crippen molar-refractivity contribution in [2.24, 2.45) is 0 Å². The van der Waals surface area contributed by atoms with Gasteiger partial charge < -0.3 is 9.40 Å². The Balaban J connectivity index is 1.27. The van der Waals surface area contributed by atoms with E-state index >= 15 is 0 Å². The molecule has 1 N–H and O–H groups in total. The molecule has 0 saturated carbocycles. The predicted molar refractivity (Wildman–Crippen MR) is 175 cm³/mol. The van der Waals surface area contributed by atoms with E-state index in [1.165, 1.54) is 5.39 Å². The number of hydrogen-bond acceptors (Lipinski definition) is 4. The first-order valence-corrected chi connectivity index (χ1v) is 14.4. The smallest absolute Gasteiger partial charge is 0.164 e. The SMILES string of the molecule is Clc1ccc2c(c1)[nH]c1ccc(-c3nc(-c4ccc5ccccc5c4)nc(-c4ccc5oc6ccccc6c5c4)n3)cc12. The molecule has 0 atom stereocenters. The van der Waals surface area contributed by atoms with Gasteiger partial charge in [0, 0.05) is 54.3 Å². The molecule has 9 rings (SSSR count). The zero-order valence-electron chi connectivity index (χ0n) is 22.7. The summed E-state index contributed by atoms with van der Waals surface area (Å²) < 4.78 is 6.08. The highest BCUT2D eigenvalue weighted by Crippen LogP contribution is 2.34. The van der Waals surface area contributed by atoms with E-state index in [4.69, 9.17) is 31.0 Å². The zero-order valence-corrected chi connectivity index (χ0v) is 23.4. The Hall–Kier alpha value is -5.52. The molecule has 202 valence electrons. The maximum atomic E-state index is 6.27. The summed E-state index contributed by atoms with van der Waals surface area (Å²) in [5.41, 5.74) is 6.45. The van der Waals surface area contributed by atoms with Gasteiger partial charge in [0.1, 0.15) is 11.2 Å². The van der Waals surface area contributed by atoms with Gasteiger partial charge in [-0.25, -0.2) is 15.0 Å². The predicted octanol–water partition coefficient (Wildman–Crippen LogP) is 10.2. The maximum absolute atomic E-state index is 6.27. The Labute approximate surface area is 250 Å². The summed E-state index contributed by atoms with van der Waals surface area (Å²) in [7, 11) is 0. The van der Waals surface area contributed by atoms with Crippen molar-refractivity contribution in [3.05, 3.63) is 126 Å². The van der Waals surface area contributed by atoms with Crippen LogP contribution in [0.2, 0.25) is 5.02 Å². The van der Waals surface area contributed by atoms with E-state index in [-0.39, 0.29) is 0 Å². The number of para-hydroxylation sites is 1. The lowest BCUT2D eigenvalue weighted by Crippen LogP contribution is -2.00. The van der Waals surface area contributed by atoms with E-state index < -0.39 is 0 Å². The first-order valence-electron chi connectivity index (χ1n) is 14.0. The second kappa shape index (κ2) is 9.24. The van der Waals surface area contributed by atoms with Crippen molar-refractivity contribution in [2.45, 2.75) is 0 Å². The monoisotopic (exact) mass is 572 g/mol. The minimum Gasteiger partial charge on any atom is -0.456 e. The van der Waals surface area contributed by atoms with Crippen LogP contribution in [0.15, 0.2) is 126 Å². The summed E-state index contributed by atoms with van der Waals surface area (Å²) in [5, 5.41) is 7.28. The molecule has 0 radical (unpaired) electrons. The number of furan rings is 1. The fourth-order valence-corrected chi connectivity index (χ4v) is 6.14. The van der Waals surface area contributed by atoms with Crippen LogP contribution in [-0.4, -0.2) is 19.9 Å². The number of H-pyrrole nitrogens is 1. The number of benzene rings is 6. The number of nitrogens with one attached hydrogen (secondary N) is 1. The van der Waals surface area contributed by atoms with Gasteiger partial charge in [0.05, 0.1) is 0 Å². The summed E-state index contributed by atoms with van der Waals surface area (Å²) in [6, 6.07) is 41.0. The van der Waals surface area contributed by atoms with Crippen molar-refractivity contribution in [1.29, 1.82) is 0 Å². The molecule has 6 heteroatoms. The van der Waals surface area contributed by atoms with E-state index in [0.29, 0.717) is 22.5 Å². The second-order valence-corrected chi connectivity index (χ2v) is 11.2. The number of aromatic nitrogens is 4. The molecule has 0 bridgehead atoms. The molecule has 0 fully saturated rings. The highest BCUT2D eigenvalue weighted by molar-refractivity contribution is 6.31. The highest BCUT2D eigenvalue weighted by Gasteiger charge is 2.16. The van der Waals surface area contributed by atoms with Crippen LogP contribution in [-0.2, 0) is 0 Å². The van der Waals surface area contributed by atoms with Crippen molar-refractivity contribution in [2.75, 3.05) is 0 Å². The third-order valence-corrected chi connectivity index (χ3v) is 8.33. The number of nitrogens with zero attached hydrogens (tertiary/aromatic N) is 3. The molecule has 0 aliphatic heterocycles. The number of rotatable bonds is 3. The molecule has 0 aliphatic carbocycles. The normalized spacial score (nSPS) is 11.8. The Morgan fingerprint density at radius 3 is 1.95 bits per heavy atom. The van der Waals surface area contributed by atoms with Gasteiger partial charge in [0.2, 0.25) is 0 Å². The van der Waals surface area contributed by atoms with Crippen LogP contribution in [0.4, 0.5) is 0 Å². The Morgan fingerprint density at radius 2 is 1.12 bits per heavy atom. The fourth-order valence-electron chi connectivity index (χ4n) is 5.97. The van der Waals surface area contributed by atoms with Crippen molar-refractivity contribution in [3.8, 4) is 34.2 Å². The summed E-state index contributed by atoms with van der Waals surface area (Å²) in [6.45, 7) is 0. The third-order valence-electron chi connectivity index (χ3n) is 8.10. The minimum atomic E-state index is 0.603. The molecule has 0 amide bonds. The zero-order chi connectivity index (χ0) is 28.5. The van der Waals surface area contributed by atoms with Gasteiger partial charge in [-0.05, 0) is 71.4 Å². The quantitative estimate of drug-likeness (QED) is 0.229. The molecule has 3 aromatic heterocycles. The molecular weight excluding hydrogens is 552 g/mol. The number of fused-ring (bicyclic) bond motifs is 7. The topological polar surface area (TPSA) is 67.6 Å². The molecule has 3 heterocycles. The Bertz CT molecular complexity index is 2550. The summed E-state index contributed by atoms with van der Waals surface area (Å²) in [4.78, 5) is 18.5. The van der Waals surface area contributed by atoms with Crippen LogP contribution in [0.25, 0.3) is 88.7 Å². The van der Waals surface area contributed by atoms with Gasteiger partial charge in [0.15, 0.2) is 17.5 Å². The standard InChI is InChI=1S/C37H21ClN4O/c38-26-13-14-27-29-18-24(11-15-31(29)39-32(27)20-26)36-40-35(23-10-9-21-5-1-2-6-22(21)17-23)41-37(42-36)25-12-16-34-30(19-25)28-7-3-4-8-33(28)43-34/h1-20,39H. The van der Waals surface area contributed by atoms with Crippen LogP contribution in [0, 0.1) is 0 Å². The summed E-state index contributed by atoms with van der Waals surface area (Å²) in [5.74, 6) is 1.83. The first-order chi connectivity index (χ1) is 21.2. The average molecular weight is 573 g/mol. The number of halogens is 1. The second-order valence-electron chi connectivity index (χ2n) is 10.8. The van der Waals surface area contributed by atoms with Crippen molar-refractivity contribution in [3.63, 3.8) is 0 Å². The van der Waals surface area contributed by atoms with E-state index in [9.17, 15) is 0 Å². The Morgan fingerprint density at radius 1 is 0.465 bits per heavy atom. The molecule has 5 nitrogen and oxygen atoms in total. The molecule has 0 aliphatic rings. The van der Waals surface area contributed by atoms with Gasteiger partial charge in [-0.3, -0.25) is 0 Å². The lowest BCUT2D eigenvalue weighted by Gasteiger charge is -2.09. The average Bonchev–Trinajstić information content (AvgIpc) is 3.61. The summed E-state index contributed by atoms with van der Waals surface area (Å²) >= 11 is 6.27. The minimum absolute atomic E-state index is 0.603. The van der Waals surface area contributed by atoms with E-state index in [2.05, 4.69) is 65.6 Å². The van der Waals surface area contributed by atoms with Crippen LogP contribution in [0.3, 0.4) is 0 Å². The highest BCUT2D eigenvalue weighted by atomic mass is 35.5. The number of hydrogen-bond donors (Lipinski definition) is 1. The fraction of sp³-hybridized carbons (Fsp3) is 0. The van der Waals surface area contributed by atoms with Crippen molar-refractivity contribution >= 4 is 66.1 Å². The van der Waals surface area contributed by atoms with Gasteiger partial charge in [0.25, 0.3) is 0 Å². The maximum Gasteiger partial charge on any atom is 0.164 e.